The largest absolute Gasteiger partial charge is 0.298 e. The first kappa shape index (κ1) is 10.5. The Morgan fingerprint density at radius 2 is 2.08 bits per heavy atom. The summed E-state index contributed by atoms with van der Waals surface area (Å²) in [7, 11) is 0. The molecule has 0 aromatic heterocycles. The minimum atomic E-state index is -0.149. The number of alkyl halides is 1. The lowest BCUT2D eigenvalue weighted by atomic mass is 10.0. The number of ketones is 1. The van der Waals surface area contributed by atoms with Gasteiger partial charge in [-0.1, -0.05) is 47.1 Å². The minimum Gasteiger partial charge on any atom is -0.298 e. The lowest BCUT2D eigenvalue weighted by Gasteiger charge is -2.10. The third-order valence-electron chi connectivity index (χ3n) is 2.07. The van der Waals surface area contributed by atoms with Gasteiger partial charge in [-0.3, -0.25) is 4.79 Å². The fourth-order valence-electron chi connectivity index (χ4n) is 1.32. The number of hydrogen-bond acceptors (Lipinski definition) is 1. The standard InChI is InChI=1S/C11H13BrO/c1-3-9-6-4-5-7-10(9)11(12)8(2)13/h4-7,11H,3H2,1-2H3. The molecule has 70 valence electrons. The molecule has 2 heteroatoms. The molecule has 0 aliphatic heterocycles. The van der Waals surface area contributed by atoms with Crippen molar-refractivity contribution in [3.8, 4) is 0 Å². The number of halogens is 1. The number of carbonyl (C=O) groups excluding carboxylic acids is 1. The molecule has 1 atom stereocenters. The van der Waals surface area contributed by atoms with E-state index in [1.807, 2.05) is 18.2 Å². The van der Waals surface area contributed by atoms with Gasteiger partial charge in [0.05, 0.1) is 4.83 Å². The third-order valence-corrected chi connectivity index (χ3v) is 3.20. The van der Waals surface area contributed by atoms with Crippen molar-refractivity contribution in [3.05, 3.63) is 35.4 Å². The highest BCUT2D eigenvalue weighted by Crippen LogP contribution is 2.26. The van der Waals surface area contributed by atoms with Crippen LogP contribution >= 0.6 is 15.9 Å². The highest BCUT2D eigenvalue weighted by atomic mass is 79.9. The van der Waals surface area contributed by atoms with Crippen LogP contribution in [0.3, 0.4) is 0 Å². The first-order valence-corrected chi connectivity index (χ1v) is 5.30. The number of hydrogen-bond donors (Lipinski definition) is 0. The van der Waals surface area contributed by atoms with Crippen LogP contribution in [0.1, 0.15) is 29.8 Å². The molecule has 0 spiro atoms. The summed E-state index contributed by atoms with van der Waals surface area (Å²) in [5, 5.41) is 0. The third kappa shape index (κ3) is 2.41. The summed E-state index contributed by atoms with van der Waals surface area (Å²) in [4.78, 5) is 11.0. The number of carbonyl (C=O) groups is 1. The highest BCUT2D eigenvalue weighted by molar-refractivity contribution is 9.09. The first-order valence-electron chi connectivity index (χ1n) is 4.39. The van der Waals surface area contributed by atoms with Crippen molar-refractivity contribution in [1.82, 2.24) is 0 Å². The Bertz CT molecular complexity index is 307. The number of rotatable bonds is 3. The molecule has 0 saturated carbocycles. The van der Waals surface area contributed by atoms with Crippen LogP contribution in [0.15, 0.2) is 24.3 Å². The predicted molar refractivity (Wildman–Crippen MR) is 58.2 cm³/mol. The number of Topliss-reactive ketones (excluding diaryl/α,β-unsaturated/α-hetero) is 1. The zero-order chi connectivity index (χ0) is 9.84. The van der Waals surface area contributed by atoms with Gasteiger partial charge in [-0.15, -0.1) is 0 Å². The van der Waals surface area contributed by atoms with Gasteiger partial charge >= 0.3 is 0 Å². The Balaban J connectivity index is 3.05. The molecule has 0 saturated heterocycles. The maximum atomic E-state index is 11.2. The van der Waals surface area contributed by atoms with E-state index < -0.39 is 0 Å². The molecule has 1 aromatic carbocycles. The molecular formula is C11H13BrO. The number of benzene rings is 1. The van der Waals surface area contributed by atoms with Gasteiger partial charge < -0.3 is 0 Å². The Hall–Kier alpha value is -0.630. The van der Waals surface area contributed by atoms with E-state index in [4.69, 9.17) is 0 Å². The SMILES string of the molecule is CCc1ccccc1C(Br)C(C)=O. The normalized spacial score (nSPS) is 12.5. The molecule has 1 aromatic rings. The zero-order valence-electron chi connectivity index (χ0n) is 7.88. The zero-order valence-corrected chi connectivity index (χ0v) is 9.47. The van der Waals surface area contributed by atoms with Gasteiger partial charge in [0.25, 0.3) is 0 Å². The van der Waals surface area contributed by atoms with Gasteiger partial charge in [0.2, 0.25) is 0 Å². The second-order valence-corrected chi connectivity index (χ2v) is 3.94. The molecule has 0 radical (unpaired) electrons. The van der Waals surface area contributed by atoms with Crippen molar-refractivity contribution in [3.63, 3.8) is 0 Å². The smallest absolute Gasteiger partial charge is 0.147 e. The first-order chi connectivity index (χ1) is 6.16. The molecule has 0 aliphatic carbocycles. The maximum Gasteiger partial charge on any atom is 0.147 e. The molecule has 0 aliphatic rings. The second kappa shape index (κ2) is 4.56. The van der Waals surface area contributed by atoms with E-state index in [0.29, 0.717) is 0 Å². The Morgan fingerprint density at radius 1 is 1.46 bits per heavy atom. The molecular weight excluding hydrogens is 228 g/mol. The topological polar surface area (TPSA) is 17.1 Å². The molecule has 13 heavy (non-hydrogen) atoms. The Labute approximate surface area is 87.3 Å². The van der Waals surface area contributed by atoms with Gasteiger partial charge in [0, 0.05) is 0 Å². The van der Waals surface area contributed by atoms with Gasteiger partial charge in [0.1, 0.15) is 5.78 Å². The van der Waals surface area contributed by atoms with E-state index in [0.717, 1.165) is 12.0 Å². The molecule has 1 unspecified atom stereocenters. The van der Waals surface area contributed by atoms with Crippen molar-refractivity contribution >= 4 is 21.7 Å². The summed E-state index contributed by atoms with van der Waals surface area (Å²) in [5.74, 6) is 0.154. The summed E-state index contributed by atoms with van der Waals surface area (Å²) in [6, 6.07) is 8.03. The molecule has 1 nitrogen and oxygen atoms in total. The van der Waals surface area contributed by atoms with E-state index in [2.05, 4.69) is 28.9 Å². The van der Waals surface area contributed by atoms with Gasteiger partial charge in [-0.05, 0) is 24.5 Å². The summed E-state index contributed by atoms with van der Waals surface area (Å²) in [6.45, 7) is 3.70. The molecule has 1 rings (SSSR count). The van der Waals surface area contributed by atoms with Crippen LogP contribution in [0, 0.1) is 0 Å². The molecule has 0 amide bonds. The van der Waals surface area contributed by atoms with Crippen LogP contribution in [0.2, 0.25) is 0 Å². The quantitative estimate of drug-likeness (QED) is 0.742. The van der Waals surface area contributed by atoms with Gasteiger partial charge in [-0.2, -0.15) is 0 Å². The number of aryl methyl sites for hydroxylation is 1. The fourth-order valence-corrected chi connectivity index (χ4v) is 1.77. The van der Waals surface area contributed by atoms with Crippen LogP contribution in [-0.4, -0.2) is 5.78 Å². The van der Waals surface area contributed by atoms with E-state index in [-0.39, 0.29) is 10.6 Å². The van der Waals surface area contributed by atoms with Crippen LogP contribution in [0.25, 0.3) is 0 Å². The van der Waals surface area contributed by atoms with Crippen LogP contribution in [0.4, 0.5) is 0 Å². The maximum absolute atomic E-state index is 11.2. The van der Waals surface area contributed by atoms with Gasteiger partial charge in [0.15, 0.2) is 0 Å². The molecule has 0 heterocycles. The van der Waals surface area contributed by atoms with Gasteiger partial charge in [-0.25, -0.2) is 0 Å². The summed E-state index contributed by atoms with van der Waals surface area (Å²) < 4.78 is 0. The van der Waals surface area contributed by atoms with Crippen molar-refractivity contribution in [2.45, 2.75) is 25.1 Å². The lowest BCUT2D eigenvalue weighted by molar-refractivity contribution is -0.116. The van der Waals surface area contributed by atoms with Crippen molar-refractivity contribution < 1.29 is 4.79 Å². The van der Waals surface area contributed by atoms with Crippen molar-refractivity contribution in [2.24, 2.45) is 0 Å². The molecule has 0 bridgehead atoms. The highest BCUT2D eigenvalue weighted by Gasteiger charge is 2.14. The van der Waals surface area contributed by atoms with E-state index in [9.17, 15) is 4.79 Å². The van der Waals surface area contributed by atoms with Crippen molar-refractivity contribution in [1.29, 1.82) is 0 Å². The average Bonchev–Trinajstić information content (AvgIpc) is 2.16. The molecule has 0 N–H and O–H groups in total. The van der Waals surface area contributed by atoms with Crippen LogP contribution in [0.5, 0.6) is 0 Å². The average molecular weight is 241 g/mol. The predicted octanol–water partition coefficient (Wildman–Crippen LogP) is 3.27. The summed E-state index contributed by atoms with van der Waals surface area (Å²) in [6.07, 6.45) is 0.964. The van der Waals surface area contributed by atoms with Crippen LogP contribution < -0.4 is 0 Å². The lowest BCUT2D eigenvalue weighted by Crippen LogP contribution is -2.03. The van der Waals surface area contributed by atoms with E-state index in [1.54, 1.807) is 6.92 Å². The van der Waals surface area contributed by atoms with E-state index >= 15 is 0 Å². The Kier molecular flexibility index (Phi) is 3.67. The summed E-state index contributed by atoms with van der Waals surface area (Å²) >= 11 is 3.39. The van der Waals surface area contributed by atoms with Crippen molar-refractivity contribution in [2.75, 3.05) is 0 Å². The minimum absolute atomic E-state index is 0.149. The fraction of sp³-hybridized carbons (Fsp3) is 0.364. The molecule has 0 fully saturated rings. The van der Waals surface area contributed by atoms with Crippen LogP contribution in [-0.2, 0) is 11.2 Å². The monoisotopic (exact) mass is 240 g/mol. The second-order valence-electron chi connectivity index (χ2n) is 3.03. The van der Waals surface area contributed by atoms with E-state index in [1.165, 1.54) is 5.56 Å². The Morgan fingerprint density at radius 3 is 2.62 bits per heavy atom. The summed E-state index contributed by atoms with van der Waals surface area (Å²) in [5.41, 5.74) is 2.33.